The molecule has 1 fully saturated rings. The summed E-state index contributed by atoms with van der Waals surface area (Å²) >= 11 is 1.45. The smallest absolute Gasteiger partial charge is 0.318 e. The van der Waals surface area contributed by atoms with Crippen molar-refractivity contribution < 1.29 is 14.4 Å². The average Bonchev–Trinajstić information content (AvgIpc) is 3.23. The largest absolute Gasteiger partial charge is 0.344 e. The molecule has 2 aromatic rings. The first-order valence-electron chi connectivity index (χ1n) is 9.59. The minimum absolute atomic E-state index is 0.388. The summed E-state index contributed by atoms with van der Waals surface area (Å²) in [5.74, 6) is -0.273. The van der Waals surface area contributed by atoms with Crippen molar-refractivity contribution in [2.75, 3.05) is 0 Å². The van der Waals surface area contributed by atoms with E-state index in [2.05, 4.69) is 17.7 Å². The van der Waals surface area contributed by atoms with Crippen molar-refractivity contribution >= 4 is 29.2 Å². The predicted molar refractivity (Wildman–Crippen MR) is 107 cm³/mol. The number of fused-ring (bicyclic) bond motifs is 1. The fourth-order valence-electron chi connectivity index (χ4n) is 4.01. The van der Waals surface area contributed by atoms with E-state index in [0.29, 0.717) is 22.8 Å². The second-order valence-corrected chi connectivity index (χ2v) is 8.68. The molecule has 146 valence electrons. The Morgan fingerprint density at radius 2 is 2.07 bits per heavy atom. The summed E-state index contributed by atoms with van der Waals surface area (Å²) in [5.41, 5.74) is 3.27. The minimum atomic E-state index is -1.16. The molecule has 2 atom stereocenters. The number of benzene rings is 1. The average molecular weight is 398 g/mol. The number of carbonyl (C=O) groups is 3. The van der Waals surface area contributed by atoms with Gasteiger partial charge in [-0.15, -0.1) is 11.3 Å². The molecule has 6 nitrogen and oxygen atoms in total. The fourth-order valence-corrected chi connectivity index (χ4v) is 5.11. The van der Waals surface area contributed by atoms with Crippen LogP contribution in [0.1, 0.15) is 52.4 Å². The van der Waals surface area contributed by atoms with Gasteiger partial charge >= 0.3 is 6.03 Å². The van der Waals surface area contributed by atoms with Crippen LogP contribution in [0.4, 0.5) is 4.79 Å². The van der Waals surface area contributed by atoms with Crippen molar-refractivity contribution in [2.24, 2.45) is 5.92 Å². The summed E-state index contributed by atoms with van der Waals surface area (Å²) < 4.78 is 0. The number of hydrogen-bond donors (Lipinski definition) is 2. The summed E-state index contributed by atoms with van der Waals surface area (Å²) in [6.07, 6.45) is 3.45. The number of amides is 4. The van der Waals surface area contributed by atoms with Crippen LogP contribution in [-0.4, -0.2) is 22.9 Å². The Morgan fingerprint density at radius 1 is 1.32 bits per heavy atom. The Kier molecular flexibility index (Phi) is 4.71. The first-order chi connectivity index (χ1) is 13.4. The number of aryl methyl sites for hydroxylation is 1. The number of nitrogens with zero attached hydrogens (tertiary/aromatic N) is 1. The number of rotatable bonds is 4. The van der Waals surface area contributed by atoms with Gasteiger partial charge in [0.2, 0.25) is 0 Å². The lowest BCUT2D eigenvalue weighted by atomic mass is 9.87. The van der Waals surface area contributed by atoms with Crippen molar-refractivity contribution in [3.63, 3.8) is 0 Å². The highest BCUT2D eigenvalue weighted by Crippen LogP contribution is 2.33. The van der Waals surface area contributed by atoms with Crippen LogP contribution in [0, 0.1) is 5.92 Å². The Bertz CT molecular complexity index is 940. The molecule has 0 spiro atoms. The first kappa shape index (κ1) is 18.7. The van der Waals surface area contributed by atoms with Crippen molar-refractivity contribution in [1.82, 2.24) is 15.8 Å². The standard InChI is InChI=1S/C21H23N3O3S/c1-3-21(15-7-5-4-6-8-15)19(26)24(20(27)22-21)23-18(25)17-12-14-11-13(2)9-10-16(14)28-17/h4-8,12-13H,3,9-11H2,1-2H3,(H,22,27)(H,23,25)/t13-,21+/m0/s1. The molecule has 0 bridgehead atoms. The van der Waals surface area contributed by atoms with E-state index in [1.165, 1.54) is 21.8 Å². The van der Waals surface area contributed by atoms with E-state index < -0.39 is 23.4 Å². The Morgan fingerprint density at radius 3 is 2.79 bits per heavy atom. The molecule has 28 heavy (non-hydrogen) atoms. The van der Waals surface area contributed by atoms with Gasteiger partial charge in [0.05, 0.1) is 4.88 Å². The summed E-state index contributed by atoms with van der Waals surface area (Å²) in [7, 11) is 0. The number of hydrogen-bond acceptors (Lipinski definition) is 4. The highest BCUT2D eigenvalue weighted by molar-refractivity contribution is 7.14. The normalized spacial score (nSPS) is 24.1. The molecule has 2 aliphatic rings. The Hall–Kier alpha value is -2.67. The van der Waals surface area contributed by atoms with Crippen LogP contribution in [-0.2, 0) is 23.2 Å². The zero-order valence-corrected chi connectivity index (χ0v) is 16.8. The molecule has 0 saturated carbocycles. The van der Waals surface area contributed by atoms with Crippen LogP contribution in [0.2, 0.25) is 0 Å². The second kappa shape index (κ2) is 7.05. The molecule has 2 N–H and O–H groups in total. The maximum Gasteiger partial charge on any atom is 0.344 e. The topological polar surface area (TPSA) is 78.5 Å². The van der Waals surface area contributed by atoms with E-state index in [0.717, 1.165) is 24.3 Å². The fraction of sp³-hybridized carbons (Fsp3) is 0.381. The molecule has 4 rings (SSSR count). The Balaban J connectivity index is 1.56. The van der Waals surface area contributed by atoms with Gasteiger partial charge in [-0.05, 0) is 48.8 Å². The van der Waals surface area contributed by atoms with E-state index in [4.69, 9.17) is 0 Å². The van der Waals surface area contributed by atoms with E-state index in [-0.39, 0.29) is 0 Å². The van der Waals surface area contributed by atoms with E-state index in [1.54, 1.807) is 0 Å². The molecule has 1 aromatic carbocycles. The number of carbonyl (C=O) groups excluding carboxylic acids is 3. The predicted octanol–water partition coefficient (Wildman–Crippen LogP) is 3.38. The molecular formula is C21H23N3O3S. The highest BCUT2D eigenvalue weighted by atomic mass is 32.1. The number of urea groups is 1. The van der Waals surface area contributed by atoms with Crippen LogP contribution in [0.3, 0.4) is 0 Å². The van der Waals surface area contributed by atoms with Gasteiger partial charge in [-0.2, -0.15) is 5.01 Å². The molecule has 7 heteroatoms. The summed E-state index contributed by atoms with van der Waals surface area (Å²) in [4.78, 5) is 40.1. The lowest BCUT2D eigenvalue weighted by Crippen LogP contribution is -2.48. The van der Waals surface area contributed by atoms with E-state index >= 15 is 0 Å². The molecule has 0 radical (unpaired) electrons. The third-order valence-electron chi connectivity index (χ3n) is 5.65. The lowest BCUT2D eigenvalue weighted by Gasteiger charge is -2.25. The van der Waals surface area contributed by atoms with Gasteiger partial charge in [0.15, 0.2) is 0 Å². The highest BCUT2D eigenvalue weighted by Gasteiger charge is 2.52. The summed E-state index contributed by atoms with van der Waals surface area (Å²) in [6.45, 7) is 4.05. The third-order valence-corrected chi connectivity index (χ3v) is 6.89. The van der Waals surface area contributed by atoms with Crippen molar-refractivity contribution in [3.05, 3.63) is 57.3 Å². The number of imide groups is 1. The van der Waals surface area contributed by atoms with Crippen LogP contribution < -0.4 is 10.7 Å². The molecule has 1 aliphatic carbocycles. The van der Waals surface area contributed by atoms with E-state index in [9.17, 15) is 14.4 Å². The van der Waals surface area contributed by atoms with Gasteiger partial charge in [0.1, 0.15) is 5.54 Å². The third kappa shape index (κ3) is 2.99. The maximum absolute atomic E-state index is 13.1. The van der Waals surface area contributed by atoms with Gasteiger partial charge < -0.3 is 5.32 Å². The van der Waals surface area contributed by atoms with Gasteiger partial charge in [-0.3, -0.25) is 15.0 Å². The molecular weight excluding hydrogens is 374 g/mol. The van der Waals surface area contributed by atoms with Crippen molar-refractivity contribution in [1.29, 1.82) is 0 Å². The monoisotopic (exact) mass is 397 g/mol. The number of thiophene rings is 1. The maximum atomic E-state index is 13.1. The molecule has 1 saturated heterocycles. The van der Waals surface area contributed by atoms with Crippen LogP contribution >= 0.6 is 11.3 Å². The number of nitrogens with one attached hydrogen (secondary N) is 2. The lowest BCUT2D eigenvalue weighted by molar-refractivity contribution is -0.133. The molecule has 0 unspecified atom stereocenters. The zero-order valence-electron chi connectivity index (χ0n) is 16.0. The molecule has 2 heterocycles. The quantitative estimate of drug-likeness (QED) is 0.777. The zero-order chi connectivity index (χ0) is 19.9. The summed E-state index contributed by atoms with van der Waals surface area (Å²) in [5, 5.41) is 3.59. The van der Waals surface area contributed by atoms with Gasteiger partial charge in [0.25, 0.3) is 11.8 Å². The first-order valence-corrected chi connectivity index (χ1v) is 10.4. The van der Waals surface area contributed by atoms with Gasteiger partial charge in [0, 0.05) is 4.88 Å². The second-order valence-electron chi connectivity index (χ2n) is 7.54. The summed E-state index contributed by atoms with van der Waals surface area (Å²) in [6, 6.07) is 10.4. The molecule has 1 aromatic heterocycles. The SMILES string of the molecule is CC[C@]1(c2ccccc2)NC(=O)N(NC(=O)c2cc3c(s2)CC[C@H](C)C3)C1=O. The van der Waals surface area contributed by atoms with Crippen LogP contribution in [0.15, 0.2) is 36.4 Å². The molecule has 4 amide bonds. The van der Waals surface area contributed by atoms with Crippen molar-refractivity contribution in [3.8, 4) is 0 Å². The minimum Gasteiger partial charge on any atom is -0.318 e. The van der Waals surface area contributed by atoms with Crippen LogP contribution in [0.5, 0.6) is 0 Å². The Labute approximate surface area is 167 Å². The number of hydrazine groups is 1. The molecule has 1 aliphatic heterocycles. The van der Waals surface area contributed by atoms with Gasteiger partial charge in [-0.25, -0.2) is 4.79 Å². The van der Waals surface area contributed by atoms with E-state index in [1.807, 2.05) is 43.3 Å². The van der Waals surface area contributed by atoms with Gasteiger partial charge in [-0.1, -0.05) is 44.2 Å². The van der Waals surface area contributed by atoms with Crippen molar-refractivity contribution in [2.45, 2.75) is 45.1 Å². The van der Waals surface area contributed by atoms with Crippen LogP contribution in [0.25, 0.3) is 0 Å².